The molecule has 1 fully saturated rings. The molecule has 0 unspecified atom stereocenters. The van der Waals surface area contributed by atoms with Gasteiger partial charge in [0.1, 0.15) is 11.3 Å². The molecule has 1 aromatic heterocycles. The Morgan fingerprint density at radius 2 is 2.00 bits per heavy atom. The van der Waals surface area contributed by atoms with Crippen LogP contribution in [-0.4, -0.2) is 43.5 Å². The third-order valence-electron chi connectivity index (χ3n) is 6.77. The molecule has 0 aliphatic carbocycles. The molecule has 0 radical (unpaired) electrons. The van der Waals surface area contributed by atoms with Crippen molar-refractivity contribution >= 4 is 28.4 Å². The average molecular weight is 475 g/mol. The van der Waals surface area contributed by atoms with Crippen LogP contribution in [0, 0.1) is 20.8 Å². The summed E-state index contributed by atoms with van der Waals surface area (Å²) in [5.41, 5.74) is 7.92. The van der Waals surface area contributed by atoms with Crippen molar-refractivity contribution in [2.75, 3.05) is 26.7 Å². The third kappa shape index (κ3) is 5.11. The molecular formula is C29H34N2O4. The van der Waals surface area contributed by atoms with E-state index in [1.165, 1.54) is 11.1 Å². The van der Waals surface area contributed by atoms with Crippen LogP contribution in [0.1, 0.15) is 48.4 Å². The predicted octanol–water partition coefficient (Wildman–Crippen LogP) is 5.57. The number of carbonyl (C=O) groups excluding carboxylic acids is 2. The van der Waals surface area contributed by atoms with E-state index in [-0.39, 0.29) is 11.8 Å². The first-order valence-electron chi connectivity index (χ1n) is 12.2. The number of fused-ring (bicyclic) bond motifs is 1. The van der Waals surface area contributed by atoms with Crippen LogP contribution in [-0.2, 0) is 9.59 Å². The van der Waals surface area contributed by atoms with Crippen LogP contribution in [0.25, 0.3) is 27.7 Å². The SMILES string of the molecule is COc1c(/C(C)=C/C(=O)NCCCN2CCCC2=O)cc2c(-c3ccc(C)cc3C)coc2c1C. The first-order chi connectivity index (χ1) is 16.8. The van der Waals surface area contributed by atoms with E-state index in [9.17, 15) is 9.59 Å². The Labute approximate surface area is 206 Å². The fraction of sp³-hybridized carbons (Fsp3) is 0.379. The average Bonchev–Trinajstić information content (AvgIpc) is 3.43. The van der Waals surface area contributed by atoms with Crippen molar-refractivity contribution in [3.63, 3.8) is 0 Å². The highest BCUT2D eigenvalue weighted by Gasteiger charge is 2.20. The number of hydrogen-bond donors (Lipinski definition) is 1. The molecule has 2 heterocycles. The highest BCUT2D eigenvalue weighted by Crippen LogP contribution is 2.41. The number of allylic oxidation sites excluding steroid dienone is 1. The Kier molecular flexibility index (Phi) is 7.29. The summed E-state index contributed by atoms with van der Waals surface area (Å²) in [6.07, 6.45) is 5.73. The van der Waals surface area contributed by atoms with Gasteiger partial charge in [-0.2, -0.15) is 0 Å². The van der Waals surface area contributed by atoms with Gasteiger partial charge in [0.05, 0.1) is 13.4 Å². The monoisotopic (exact) mass is 474 g/mol. The lowest BCUT2D eigenvalue weighted by atomic mass is 9.94. The van der Waals surface area contributed by atoms with E-state index >= 15 is 0 Å². The maximum atomic E-state index is 12.6. The summed E-state index contributed by atoms with van der Waals surface area (Å²) in [5.74, 6) is 0.759. The molecule has 2 aromatic carbocycles. The number of furan rings is 1. The Balaban J connectivity index is 1.57. The molecule has 35 heavy (non-hydrogen) atoms. The number of methoxy groups -OCH3 is 1. The Morgan fingerprint density at radius 1 is 1.20 bits per heavy atom. The van der Waals surface area contributed by atoms with Gasteiger partial charge in [0, 0.05) is 54.2 Å². The molecule has 4 rings (SSSR count). The topological polar surface area (TPSA) is 71.8 Å². The minimum atomic E-state index is -0.156. The zero-order valence-corrected chi connectivity index (χ0v) is 21.3. The number of benzene rings is 2. The van der Waals surface area contributed by atoms with Crippen LogP contribution in [0.5, 0.6) is 5.75 Å². The van der Waals surface area contributed by atoms with Gasteiger partial charge in [-0.05, 0) is 63.3 Å². The lowest BCUT2D eigenvalue weighted by molar-refractivity contribution is -0.127. The smallest absolute Gasteiger partial charge is 0.244 e. The van der Waals surface area contributed by atoms with Crippen molar-refractivity contribution in [2.45, 2.75) is 47.0 Å². The molecule has 6 heteroatoms. The summed E-state index contributed by atoms with van der Waals surface area (Å²) < 4.78 is 11.7. The highest BCUT2D eigenvalue weighted by molar-refractivity contribution is 6.02. The van der Waals surface area contributed by atoms with Crippen molar-refractivity contribution in [1.82, 2.24) is 10.2 Å². The molecule has 0 spiro atoms. The number of nitrogens with zero attached hydrogens (tertiary/aromatic N) is 1. The second-order valence-corrected chi connectivity index (χ2v) is 9.38. The minimum Gasteiger partial charge on any atom is -0.496 e. The van der Waals surface area contributed by atoms with Gasteiger partial charge in [-0.1, -0.05) is 23.8 Å². The molecule has 3 aromatic rings. The van der Waals surface area contributed by atoms with Gasteiger partial charge in [-0.25, -0.2) is 0 Å². The van der Waals surface area contributed by atoms with Crippen molar-refractivity contribution in [1.29, 1.82) is 0 Å². The van der Waals surface area contributed by atoms with Crippen molar-refractivity contribution < 1.29 is 18.7 Å². The Morgan fingerprint density at radius 3 is 2.69 bits per heavy atom. The molecular weight excluding hydrogens is 440 g/mol. The van der Waals surface area contributed by atoms with Crippen molar-refractivity contribution in [2.24, 2.45) is 0 Å². The van der Waals surface area contributed by atoms with Crippen molar-refractivity contribution in [3.8, 4) is 16.9 Å². The molecule has 0 atom stereocenters. The molecule has 1 saturated heterocycles. The summed E-state index contributed by atoms with van der Waals surface area (Å²) in [5, 5.41) is 3.94. The number of amides is 2. The molecule has 2 amide bonds. The van der Waals surface area contributed by atoms with Gasteiger partial charge in [-0.3, -0.25) is 9.59 Å². The van der Waals surface area contributed by atoms with E-state index in [0.717, 1.165) is 58.2 Å². The lowest BCUT2D eigenvalue weighted by Crippen LogP contribution is -2.30. The first kappa shape index (κ1) is 24.6. The first-order valence-corrected chi connectivity index (χ1v) is 12.2. The molecule has 0 bridgehead atoms. The second kappa shape index (κ2) is 10.4. The number of nitrogens with one attached hydrogen (secondary N) is 1. The van der Waals surface area contributed by atoms with Crippen LogP contribution in [0.3, 0.4) is 0 Å². The van der Waals surface area contributed by atoms with Gasteiger partial charge in [0.25, 0.3) is 0 Å². The minimum absolute atomic E-state index is 0.156. The Hall–Kier alpha value is -3.54. The van der Waals surface area contributed by atoms with E-state index in [1.807, 2.05) is 18.7 Å². The van der Waals surface area contributed by atoms with Gasteiger partial charge in [0.2, 0.25) is 11.8 Å². The van der Waals surface area contributed by atoms with Crippen LogP contribution in [0.15, 0.2) is 41.0 Å². The zero-order chi connectivity index (χ0) is 25.1. The van der Waals surface area contributed by atoms with E-state index < -0.39 is 0 Å². The molecule has 1 N–H and O–H groups in total. The van der Waals surface area contributed by atoms with Crippen LogP contribution >= 0.6 is 0 Å². The maximum absolute atomic E-state index is 12.6. The summed E-state index contributed by atoms with van der Waals surface area (Å²) in [6.45, 7) is 10.1. The summed E-state index contributed by atoms with van der Waals surface area (Å²) in [7, 11) is 1.64. The van der Waals surface area contributed by atoms with Gasteiger partial charge < -0.3 is 19.4 Å². The fourth-order valence-electron chi connectivity index (χ4n) is 4.94. The zero-order valence-electron chi connectivity index (χ0n) is 21.3. The van der Waals surface area contributed by atoms with E-state index in [2.05, 4.69) is 43.4 Å². The van der Waals surface area contributed by atoms with Crippen LogP contribution < -0.4 is 10.1 Å². The number of carbonyl (C=O) groups is 2. The molecule has 184 valence electrons. The normalized spacial score (nSPS) is 14.1. The maximum Gasteiger partial charge on any atom is 0.244 e. The predicted molar refractivity (Wildman–Crippen MR) is 140 cm³/mol. The van der Waals surface area contributed by atoms with Crippen LogP contribution in [0.4, 0.5) is 0 Å². The summed E-state index contributed by atoms with van der Waals surface area (Å²) in [4.78, 5) is 26.2. The molecule has 6 nitrogen and oxygen atoms in total. The van der Waals surface area contributed by atoms with E-state index in [1.54, 1.807) is 19.4 Å². The summed E-state index contributed by atoms with van der Waals surface area (Å²) in [6, 6.07) is 8.45. The molecule has 0 saturated carbocycles. The second-order valence-electron chi connectivity index (χ2n) is 9.38. The van der Waals surface area contributed by atoms with E-state index in [0.29, 0.717) is 25.3 Å². The number of ether oxygens (including phenoxy) is 1. The number of hydrogen-bond acceptors (Lipinski definition) is 4. The van der Waals surface area contributed by atoms with Gasteiger partial charge in [-0.15, -0.1) is 0 Å². The van der Waals surface area contributed by atoms with Gasteiger partial charge >= 0.3 is 0 Å². The van der Waals surface area contributed by atoms with Gasteiger partial charge in [0.15, 0.2) is 0 Å². The largest absolute Gasteiger partial charge is 0.496 e. The number of likely N-dealkylation sites (tertiary alicyclic amines) is 1. The number of aryl methyl sites for hydroxylation is 3. The Bertz CT molecular complexity index is 1300. The standard InChI is InChI=1S/C29H34N2O4/c1-18-9-10-22(19(2)14-18)25-17-35-29-21(4)28(34-5)23(16-24(25)29)20(3)15-26(32)30-11-7-13-31-12-6-8-27(31)33/h9-10,14-17H,6-8,11-13H2,1-5H3,(H,30,32)/b20-15+. The fourth-order valence-corrected chi connectivity index (χ4v) is 4.94. The van der Waals surface area contributed by atoms with Crippen molar-refractivity contribution in [3.05, 3.63) is 58.9 Å². The third-order valence-corrected chi connectivity index (χ3v) is 6.77. The quantitative estimate of drug-likeness (QED) is 0.342. The molecule has 1 aliphatic heterocycles. The highest BCUT2D eigenvalue weighted by atomic mass is 16.5. The van der Waals surface area contributed by atoms with E-state index in [4.69, 9.17) is 9.15 Å². The van der Waals surface area contributed by atoms with Crippen LogP contribution in [0.2, 0.25) is 0 Å². The number of rotatable bonds is 8. The molecule has 1 aliphatic rings. The summed E-state index contributed by atoms with van der Waals surface area (Å²) >= 11 is 0. The lowest BCUT2D eigenvalue weighted by Gasteiger charge is -2.15.